The van der Waals surface area contributed by atoms with Gasteiger partial charge in [-0.1, -0.05) is 44.4 Å². The Morgan fingerprint density at radius 1 is 1.21 bits per heavy atom. The Hall–Kier alpha value is -1.28. The molecule has 2 heteroatoms. The van der Waals surface area contributed by atoms with Gasteiger partial charge in [-0.05, 0) is 25.0 Å². The van der Waals surface area contributed by atoms with Crippen molar-refractivity contribution < 1.29 is 0 Å². The summed E-state index contributed by atoms with van der Waals surface area (Å²) >= 11 is 0. The van der Waals surface area contributed by atoms with Crippen LogP contribution in [0.15, 0.2) is 30.5 Å². The maximum atomic E-state index is 3.65. The predicted molar refractivity (Wildman–Crippen MR) is 83.4 cm³/mol. The molecule has 0 aliphatic carbocycles. The molecule has 0 saturated carbocycles. The van der Waals surface area contributed by atoms with E-state index in [1.807, 2.05) is 0 Å². The van der Waals surface area contributed by atoms with Crippen molar-refractivity contribution in [1.29, 1.82) is 0 Å². The van der Waals surface area contributed by atoms with E-state index < -0.39 is 0 Å². The maximum Gasteiger partial charge on any atom is 0.0481 e. The van der Waals surface area contributed by atoms with Crippen LogP contribution in [-0.2, 0) is 13.6 Å². The van der Waals surface area contributed by atoms with E-state index in [1.165, 1.54) is 42.1 Å². The molecule has 1 N–H and O–H groups in total. The average Bonchev–Trinajstić information content (AvgIpc) is 2.74. The lowest BCUT2D eigenvalue weighted by atomic mass is 10.1. The molecule has 0 saturated heterocycles. The number of aromatic nitrogens is 1. The van der Waals surface area contributed by atoms with E-state index in [0.29, 0.717) is 6.04 Å². The second-order valence-electron chi connectivity index (χ2n) is 5.56. The van der Waals surface area contributed by atoms with Crippen LogP contribution >= 0.6 is 0 Å². The normalized spacial score (nSPS) is 13.0. The zero-order valence-electron chi connectivity index (χ0n) is 12.4. The van der Waals surface area contributed by atoms with E-state index >= 15 is 0 Å². The Labute approximate surface area is 116 Å². The van der Waals surface area contributed by atoms with Crippen LogP contribution in [0, 0.1) is 0 Å². The first kappa shape index (κ1) is 14.1. The molecule has 0 aliphatic heterocycles. The number of para-hydroxylation sites is 1. The van der Waals surface area contributed by atoms with Gasteiger partial charge < -0.3 is 9.88 Å². The van der Waals surface area contributed by atoms with Gasteiger partial charge >= 0.3 is 0 Å². The van der Waals surface area contributed by atoms with Crippen molar-refractivity contribution in [2.75, 3.05) is 0 Å². The fourth-order valence-corrected chi connectivity index (χ4v) is 2.65. The number of rotatable bonds is 7. The van der Waals surface area contributed by atoms with Gasteiger partial charge in [-0.3, -0.25) is 0 Å². The fourth-order valence-electron chi connectivity index (χ4n) is 2.65. The summed E-state index contributed by atoms with van der Waals surface area (Å²) in [5.74, 6) is 0. The number of unbranched alkanes of at least 4 members (excludes halogenated alkanes) is 2. The monoisotopic (exact) mass is 258 g/mol. The molecule has 19 heavy (non-hydrogen) atoms. The quantitative estimate of drug-likeness (QED) is 0.735. The Kier molecular flexibility index (Phi) is 5.03. The van der Waals surface area contributed by atoms with Crippen molar-refractivity contribution in [3.05, 3.63) is 36.0 Å². The van der Waals surface area contributed by atoms with Crippen molar-refractivity contribution in [3.63, 3.8) is 0 Å². The number of fused-ring (bicyclic) bond motifs is 1. The molecular formula is C17H26N2. The molecule has 2 aromatic rings. The fraction of sp³-hybridized carbons (Fsp3) is 0.529. The molecule has 2 nitrogen and oxygen atoms in total. The minimum Gasteiger partial charge on any atom is -0.350 e. The standard InChI is InChI=1S/C17H26N2/c1-4-5-6-9-14(2)18-12-15-13-19(3)17-11-8-7-10-16(15)17/h7-8,10-11,13-14,18H,4-6,9,12H2,1-3H3. The Morgan fingerprint density at radius 2 is 2.00 bits per heavy atom. The number of hydrogen-bond donors (Lipinski definition) is 1. The lowest BCUT2D eigenvalue weighted by Gasteiger charge is -2.13. The van der Waals surface area contributed by atoms with Crippen LogP contribution in [0.2, 0.25) is 0 Å². The van der Waals surface area contributed by atoms with Gasteiger partial charge in [0.15, 0.2) is 0 Å². The maximum absolute atomic E-state index is 3.65. The van der Waals surface area contributed by atoms with Crippen molar-refractivity contribution in [2.45, 2.75) is 52.1 Å². The molecule has 0 radical (unpaired) electrons. The van der Waals surface area contributed by atoms with Crippen LogP contribution < -0.4 is 5.32 Å². The summed E-state index contributed by atoms with van der Waals surface area (Å²) in [4.78, 5) is 0. The zero-order chi connectivity index (χ0) is 13.7. The van der Waals surface area contributed by atoms with Crippen LogP contribution in [0.1, 0.15) is 45.1 Å². The third-order valence-corrected chi connectivity index (χ3v) is 3.86. The van der Waals surface area contributed by atoms with Crippen molar-refractivity contribution in [3.8, 4) is 0 Å². The summed E-state index contributed by atoms with van der Waals surface area (Å²) in [6, 6.07) is 9.23. The van der Waals surface area contributed by atoms with Crippen LogP contribution in [0.4, 0.5) is 0 Å². The van der Waals surface area contributed by atoms with Gasteiger partial charge in [0.05, 0.1) is 0 Å². The summed E-state index contributed by atoms with van der Waals surface area (Å²) < 4.78 is 2.22. The van der Waals surface area contributed by atoms with E-state index in [1.54, 1.807) is 0 Å². The van der Waals surface area contributed by atoms with Crippen molar-refractivity contribution in [1.82, 2.24) is 9.88 Å². The Bertz CT molecular complexity index is 513. The predicted octanol–water partition coefficient (Wildman–Crippen LogP) is 4.24. The molecule has 1 heterocycles. The highest BCUT2D eigenvalue weighted by atomic mass is 14.9. The summed E-state index contributed by atoms with van der Waals surface area (Å²) in [6.07, 6.45) is 7.51. The number of aryl methyl sites for hydroxylation is 1. The Balaban J connectivity index is 1.94. The van der Waals surface area contributed by atoms with Gasteiger partial charge in [0.2, 0.25) is 0 Å². The molecule has 0 amide bonds. The van der Waals surface area contributed by atoms with E-state index in [0.717, 1.165) is 6.54 Å². The summed E-state index contributed by atoms with van der Waals surface area (Å²) in [5, 5.41) is 5.02. The SMILES string of the molecule is CCCCCC(C)NCc1cn(C)c2ccccc12. The van der Waals surface area contributed by atoms with E-state index in [-0.39, 0.29) is 0 Å². The van der Waals surface area contributed by atoms with Crippen LogP contribution in [0.25, 0.3) is 10.9 Å². The van der Waals surface area contributed by atoms with Gasteiger partial charge in [0.1, 0.15) is 0 Å². The topological polar surface area (TPSA) is 17.0 Å². The third kappa shape index (κ3) is 3.60. The number of nitrogens with one attached hydrogen (secondary N) is 1. The molecule has 0 bridgehead atoms. The first-order valence-corrected chi connectivity index (χ1v) is 7.48. The molecular weight excluding hydrogens is 232 g/mol. The third-order valence-electron chi connectivity index (χ3n) is 3.86. The smallest absolute Gasteiger partial charge is 0.0481 e. The molecule has 0 aliphatic rings. The van der Waals surface area contributed by atoms with E-state index in [9.17, 15) is 0 Å². The molecule has 2 rings (SSSR count). The summed E-state index contributed by atoms with van der Waals surface area (Å²) in [6.45, 7) is 5.52. The summed E-state index contributed by atoms with van der Waals surface area (Å²) in [7, 11) is 2.12. The molecule has 1 aromatic heterocycles. The first-order chi connectivity index (χ1) is 9.22. The second kappa shape index (κ2) is 6.76. The van der Waals surface area contributed by atoms with Crippen LogP contribution in [0.5, 0.6) is 0 Å². The second-order valence-corrected chi connectivity index (χ2v) is 5.56. The summed E-state index contributed by atoms with van der Waals surface area (Å²) in [5.41, 5.74) is 2.72. The van der Waals surface area contributed by atoms with Crippen molar-refractivity contribution in [2.24, 2.45) is 7.05 Å². The minimum atomic E-state index is 0.602. The zero-order valence-corrected chi connectivity index (χ0v) is 12.4. The van der Waals surface area contributed by atoms with Gasteiger partial charge in [-0.2, -0.15) is 0 Å². The molecule has 0 fully saturated rings. The first-order valence-electron chi connectivity index (χ1n) is 7.48. The highest BCUT2D eigenvalue weighted by Crippen LogP contribution is 2.20. The van der Waals surface area contributed by atoms with Gasteiger partial charge in [-0.15, -0.1) is 0 Å². The molecule has 1 aromatic carbocycles. The lowest BCUT2D eigenvalue weighted by Crippen LogP contribution is -2.25. The molecule has 0 spiro atoms. The van der Waals surface area contributed by atoms with Crippen LogP contribution in [0.3, 0.4) is 0 Å². The molecule has 1 unspecified atom stereocenters. The highest BCUT2D eigenvalue weighted by Gasteiger charge is 2.07. The van der Waals surface area contributed by atoms with Crippen molar-refractivity contribution >= 4 is 10.9 Å². The van der Waals surface area contributed by atoms with Gasteiger partial charge in [-0.25, -0.2) is 0 Å². The van der Waals surface area contributed by atoms with Gasteiger partial charge in [0.25, 0.3) is 0 Å². The average molecular weight is 258 g/mol. The van der Waals surface area contributed by atoms with Gasteiger partial charge in [0, 0.05) is 36.7 Å². The van der Waals surface area contributed by atoms with E-state index in [4.69, 9.17) is 0 Å². The Morgan fingerprint density at radius 3 is 2.79 bits per heavy atom. The number of hydrogen-bond acceptors (Lipinski definition) is 1. The van der Waals surface area contributed by atoms with Crippen LogP contribution in [-0.4, -0.2) is 10.6 Å². The molecule has 104 valence electrons. The number of benzene rings is 1. The highest BCUT2D eigenvalue weighted by molar-refractivity contribution is 5.83. The molecule has 1 atom stereocenters. The lowest BCUT2D eigenvalue weighted by molar-refractivity contribution is 0.488. The number of nitrogens with zero attached hydrogens (tertiary/aromatic N) is 1. The van der Waals surface area contributed by atoms with E-state index in [2.05, 4.69) is 61.2 Å². The minimum absolute atomic E-state index is 0.602. The largest absolute Gasteiger partial charge is 0.350 e.